The minimum absolute atomic E-state index is 0.272. The van der Waals surface area contributed by atoms with E-state index >= 15 is 0 Å². The van der Waals surface area contributed by atoms with Crippen LogP contribution in [0.4, 0.5) is 14.9 Å². The number of primary amides is 1. The highest BCUT2D eigenvalue weighted by Crippen LogP contribution is 2.38. The fraction of sp³-hybridized carbons (Fsp3) is 0. The minimum atomic E-state index is -1.18. The summed E-state index contributed by atoms with van der Waals surface area (Å²) in [4.78, 5) is 25.8. The number of nitrogens with one attached hydrogen (secondary N) is 2. The van der Waals surface area contributed by atoms with Crippen molar-refractivity contribution in [2.24, 2.45) is 5.73 Å². The number of anilines is 1. The molecule has 0 aliphatic heterocycles. The molecule has 1 heterocycles. The standard InChI is InChI=1S/C20H14FN3O3/c21-15-4-2-1-3-11(15)12-7-8-14(19(22)25)18-17(12)13-6-5-10(23-20(26)27)9-16(13)24-18/h1-9,23-24H,(H2,22,25)(H,26,27). The molecule has 6 nitrogen and oxygen atoms in total. The third-order valence-corrected chi connectivity index (χ3v) is 4.43. The van der Waals surface area contributed by atoms with Crippen molar-refractivity contribution in [1.82, 2.24) is 4.98 Å². The van der Waals surface area contributed by atoms with Crippen LogP contribution < -0.4 is 11.1 Å². The van der Waals surface area contributed by atoms with E-state index in [1.54, 1.807) is 48.5 Å². The van der Waals surface area contributed by atoms with Gasteiger partial charge in [0.15, 0.2) is 0 Å². The number of carbonyl (C=O) groups is 2. The minimum Gasteiger partial charge on any atom is -0.465 e. The van der Waals surface area contributed by atoms with Crippen LogP contribution in [0, 0.1) is 5.82 Å². The van der Waals surface area contributed by atoms with Crippen molar-refractivity contribution in [2.45, 2.75) is 0 Å². The van der Waals surface area contributed by atoms with E-state index in [0.29, 0.717) is 33.2 Å². The molecule has 0 unspecified atom stereocenters. The van der Waals surface area contributed by atoms with Crippen molar-refractivity contribution in [3.05, 3.63) is 66.0 Å². The van der Waals surface area contributed by atoms with Crippen LogP contribution in [0.1, 0.15) is 10.4 Å². The average Bonchev–Trinajstić information content (AvgIpc) is 2.99. The summed E-state index contributed by atoms with van der Waals surface area (Å²) >= 11 is 0. The van der Waals surface area contributed by atoms with Crippen LogP contribution in [0.25, 0.3) is 32.9 Å². The molecule has 0 fully saturated rings. The smallest absolute Gasteiger partial charge is 0.409 e. The fourth-order valence-corrected chi connectivity index (χ4v) is 3.32. The summed E-state index contributed by atoms with van der Waals surface area (Å²) in [6.07, 6.45) is -1.18. The molecule has 134 valence electrons. The zero-order valence-corrected chi connectivity index (χ0v) is 13.9. The Morgan fingerprint density at radius 3 is 2.52 bits per heavy atom. The molecule has 3 aromatic carbocycles. The number of carbonyl (C=O) groups excluding carboxylic acids is 1. The zero-order valence-electron chi connectivity index (χ0n) is 13.9. The van der Waals surface area contributed by atoms with Crippen molar-refractivity contribution >= 4 is 39.5 Å². The number of H-pyrrole nitrogens is 1. The first-order chi connectivity index (χ1) is 13.0. The van der Waals surface area contributed by atoms with E-state index < -0.39 is 12.0 Å². The molecule has 4 aromatic rings. The Labute approximate surface area is 152 Å². The van der Waals surface area contributed by atoms with Gasteiger partial charge in [-0.15, -0.1) is 0 Å². The topological polar surface area (TPSA) is 108 Å². The number of hydrogen-bond acceptors (Lipinski definition) is 2. The SMILES string of the molecule is NC(=O)c1ccc(-c2ccccc2F)c2c1[nH]c1cc(NC(=O)O)ccc12. The number of carboxylic acid groups (broad SMARTS) is 1. The molecule has 2 amide bonds. The zero-order chi connectivity index (χ0) is 19.1. The van der Waals surface area contributed by atoms with Crippen molar-refractivity contribution in [3.8, 4) is 11.1 Å². The molecule has 27 heavy (non-hydrogen) atoms. The largest absolute Gasteiger partial charge is 0.465 e. The van der Waals surface area contributed by atoms with Crippen LogP contribution in [0.15, 0.2) is 54.6 Å². The van der Waals surface area contributed by atoms with Gasteiger partial charge in [-0.3, -0.25) is 10.1 Å². The van der Waals surface area contributed by atoms with Crippen LogP contribution in [0.3, 0.4) is 0 Å². The summed E-state index contributed by atoms with van der Waals surface area (Å²) in [6.45, 7) is 0. The van der Waals surface area contributed by atoms with E-state index in [0.717, 1.165) is 5.39 Å². The number of amides is 2. The predicted octanol–water partition coefficient (Wildman–Crippen LogP) is 4.32. The lowest BCUT2D eigenvalue weighted by Gasteiger charge is -2.08. The number of nitrogens with two attached hydrogens (primary N) is 1. The first kappa shape index (κ1) is 16.6. The molecule has 0 spiro atoms. The second kappa shape index (κ2) is 6.14. The van der Waals surface area contributed by atoms with Crippen molar-refractivity contribution < 1.29 is 19.1 Å². The van der Waals surface area contributed by atoms with Gasteiger partial charge >= 0.3 is 6.09 Å². The quantitative estimate of drug-likeness (QED) is 0.435. The van der Waals surface area contributed by atoms with E-state index in [9.17, 15) is 14.0 Å². The monoisotopic (exact) mass is 363 g/mol. The molecule has 0 radical (unpaired) electrons. The second-order valence-corrected chi connectivity index (χ2v) is 6.07. The highest BCUT2D eigenvalue weighted by molar-refractivity contribution is 6.20. The first-order valence-electron chi connectivity index (χ1n) is 8.09. The first-order valence-corrected chi connectivity index (χ1v) is 8.09. The summed E-state index contributed by atoms with van der Waals surface area (Å²) in [5, 5.41) is 12.5. The van der Waals surface area contributed by atoms with E-state index in [1.165, 1.54) is 6.07 Å². The summed E-state index contributed by atoms with van der Waals surface area (Å²) in [7, 11) is 0. The van der Waals surface area contributed by atoms with E-state index in [-0.39, 0.29) is 11.4 Å². The lowest BCUT2D eigenvalue weighted by Crippen LogP contribution is -2.11. The highest BCUT2D eigenvalue weighted by Gasteiger charge is 2.18. The number of aromatic amines is 1. The summed E-state index contributed by atoms with van der Waals surface area (Å²) in [5.41, 5.74) is 8.22. The molecule has 0 aliphatic carbocycles. The number of aromatic nitrogens is 1. The van der Waals surface area contributed by atoms with Gasteiger partial charge < -0.3 is 15.8 Å². The van der Waals surface area contributed by atoms with Gasteiger partial charge in [0.05, 0.1) is 11.1 Å². The molecule has 0 aliphatic rings. The van der Waals surface area contributed by atoms with Crippen molar-refractivity contribution in [1.29, 1.82) is 0 Å². The molecular weight excluding hydrogens is 349 g/mol. The van der Waals surface area contributed by atoms with Gasteiger partial charge in [-0.2, -0.15) is 0 Å². The summed E-state index contributed by atoms with van der Waals surface area (Å²) in [6, 6.07) is 14.5. The van der Waals surface area contributed by atoms with Crippen molar-refractivity contribution in [3.63, 3.8) is 0 Å². The molecule has 0 atom stereocenters. The van der Waals surface area contributed by atoms with Gasteiger partial charge in [0.25, 0.3) is 5.91 Å². The van der Waals surface area contributed by atoms with Crippen LogP contribution in [0.2, 0.25) is 0 Å². The molecule has 7 heteroatoms. The van der Waals surface area contributed by atoms with Gasteiger partial charge in [0.1, 0.15) is 5.82 Å². The Morgan fingerprint density at radius 1 is 1.04 bits per heavy atom. The fourth-order valence-electron chi connectivity index (χ4n) is 3.32. The second-order valence-electron chi connectivity index (χ2n) is 6.07. The molecule has 0 saturated carbocycles. The van der Waals surface area contributed by atoms with E-state index in [1.807, 2.05) is 0 Å². The summed E-state index contributed by atoms with van der Waals surface area (Å²) < 4.78 is 14.4. The lowest BCUT2D eigenvalue weighted by molar-refractivity contribution is 0.100. The average molecular weight is 363 g/mol. The summed E-state index contributed by atoms with van der Waals surface area (Å²) in [5.74, 6) is -1.00. The van der Waals surface area contributed by atoms with Crippen molar-refractivity contribution in [2.75, 3.05) is 5.32 Å². The van der Waals surface area contributed by atoms with Crippen LogP contribution in [-0.2, 0) is 0 Å². The number of halogens is 1. The number of rotatable bonds is 3. The predicted molar refractivity (Wildman–Crippen MR) is 101 cm³/mol. The Kier molecular flexibility index (Phi) is 3.77. The molecule has 0 saturated heterocycles. The highest BCUT2D eigenvalue weighted by atomic mass is 19.1. The Bertz CT molecular complexity index is 1230. The van der Waals surface area contributed by atoms with Crippen LogP contribution in [-0.4, -0.2) is 22.1 Å². The van der Waals surface area contributed by atoms with Gasteiger partial charge in [0.2, 0.25) is 0 Å². The number of benzene rings is 3. The molecule has 4 rings (SSSR count). The Balaban J connectivity index is 2.08. The molecular formula is C20H14FN3O3. The van der Waals surface area contributed by atoms with Gasteiger partial charge in [0, 0.05) is 27.5 Å². The van der Waals surface area contributed by atoms with Gasteiger partial charge in [-0.1, -0.05) is 30.3 Å². The normalized spacial score (nSPS) is 11.0. The Morgan fingerprint density at radius 2 is 1.81 bits per heavy atom. The van der Waals surface area contributed by atoms with Gasteiger partial charge in [-0.05, 0) is 29.8 Å². The van der Waals surface area contributed by atoms with E-state index in [2.05, 4.69) is 10.3 Å². The Hall–Kier alpha value is -3.87. The van der Waals surface area contributed by atoms with Crippen LogP contribution in [0.5, 0.6) is 0 Å². The third kappa shape index (κ3) is 2.75. The van der Waals surface area contributed by atoms with Gasteiger partial charge in [-0.25, -0.2) is 9.18 Å². The number of fused-ring (bicyclic) bond motifs is 3. The third-order valence-electron chi connectivity index (χ3n) is 4.43. The lowest BCUT2D eigenvalue weighted by atomic mass is 9.96. The van der Waals surface area contributed by atoms with E-state index in [4.69, 9.17) is 10.8 Å². The number of hydrogen-bond donors (Lipinski definition) is 4. The molecule has 1 aromatic heterocycles. The maximum atomic E-state index is 14.4. The molecule has 0 bridgehead atoms. The maximum Gasteiger partial charge on any atom is 0.409 e. The van der Waals surface area contributed by atoms with Crippen LogP contribution >= 0.6 is 0 Å². The molecule has 5 N–H and O–H groups in total. The maximum absolute atomic E-state index is 14.4.